The van der Waals surface area contributed by atoms with Gasteiger partial charge in [0.25, 0.3) is 11.8 Å². The molecule has 2 aliphatic heterocycles. The molecule has 4 amide bonds. The van der Waals surface area contributed by atoms with E-state index in [1.165, 1.54) is 12.0 Å². The summed E-state index contributed by atoms with van der Waals surface area (Å²) in [5.41, 5.74) is 0.580. The van der Waals surface area contributed by atoms with E-state index >= 15 is 0 Å². The van der Waals surface area contributed by atoms with Crippen molar-refractivity contribution < 1.29 is 28.7 Å². The number of nitrogens with zero attached hydrogens (tertiary/aromatic N) is 2. The molecule has 9 nitrogen and oxygen atoms in total. The average molecular weight is 415 g/mol. The number of ether oxygens (including phenoxy) is 1. The summed E-state index contributed by atoms with van der Waals surface area (Å²) in [6.07, 6.45) is 2.72. The highest BCUT2D eigenvalue weighted by Crippen LogP contribution is 2.24. The van der Waals surface area contributed by atoms with Crippen LogP contribution >= 0.6 is 0 Å². The summed E-state index contributed by atoms with van der Waals surface area (Å²) in [6.45, 7) is 0.421. The third-order valence-corrected chi connectivity index (χ3v) is 5.38. The summed E-state index contributed by atoms with van der Waals surface area (Å²) in [5, 5.41) is 2.79. The molecule has 1 fully saturated rings. The number of carbonyl (C=O) groups is 5. The maximum atomic E-state index is 12.8. The Kier molecular flexibility index (Phi) is 6.81. The quantitative estimate of drug-likeness (QED) is 0.381. The number of carbonyl (C=O) groups excluding carboxylic acids is 5. The Morgan fingerprint density at radius 3 is 2.40 bits per heavy atom. The van der Waals surface area contributed by atoms with Crippen LogP contribution in [0.2, 0.25) is 0 Å². The van der Waals surface area contributed by atoms with E-state index in [1.807, 2.05) is 0 Å². The largest absolute Gasteiger partial charge is 0.469 e. The molecule has 1 atom stereocenters. The Hall–Kier alpha value is -3.23. The monoisotopic (exact) mass is 415 g/mol. The molecule has 0 radical (unpaired) electrons. The highest BCUT2D eigenvalue weighted by atomic mass is 16.5. The van der Waals surface area contributed by atoms with E-state index in [1.54, 1.807) is 24.3 Å². The lowest BCUT2D eigenvalue weighted by atomic mass is 10.1. The van der Waals surface area contributed by atoms with Gasteiger partial charge in [-0.3, -0.25) is 28.9 Å². The molecule has 9 heteroatoms. The summed E-state index contributed by atoms with van der Waals surface area (Å²) < 4.78 is 4.57. The summed E-state index contributed by atoms with van der Waals surface area (Å²) >= 11 is 0. The molecule has 1 aromatic rings. The van der Waals surface area contributed by atoms with Gasteiger partial charge in [-0.1, -0.05) is 12.1 Å². The van der Waals surface area contributed by atoms with Crippen molar-refractivity contribution in [3.8, 4) is 0 Å². The molecule has 2 heterocycles. The number of unbranched alkanes of at least 4 members (excludes halogenated alkanes) is 1. The van der Waals surface area contributed by atoms with Crippen LogP contribution in [0.1, 0.15) is 52.8 Å². The van der Waals surface area contributed by atoms with Crippen LogP contribution in [-0.2, 0) is 19.1 Å². The van der Waals surface area contributed by atoms with Crippen molar-refractivity contribution in [2.24, 2.45) is 0 Å². The second-order valence-electron chi connectivity index (χ2n) is 7.31. The number of rotatable bonds is 8. The second kappa shape index (κ2) is 9.51. The van der Waals surface area contributed by atoms with Crippen LogP contribution in [0.15, 0.2) is 24.3 Å². The van der Waals surface area contributed by atoms with E-state index in [0.717, 1.165) is 4.90 Å². The van der Waals surface area contributed by atoms with Gasteiger partial charge in [0.1, 0.15) is 12.6 Å². The van der Waals surface area contributed by atoms with Crippen molar-refractivity contribution in [3.05, 3.63) is 35.4 Å². The van der Waals surface area contributed by atoms with Crippen LogP contribution < -0.4 is 5.32 Å². The van der Waals surface area contributed by atoms with Crippen LogP contribution in [-0.4, -0.2) is 72.2 Å². The van der Waals surface area contributed by atoms with Gasteiger partial charge in [-0.05, 0) is 37.8 Å². The molecule has 2 aliphatic rings. The highest BCUT2D eigenvalue weighted by molar-refractivity contribution is 6.22. The van der Waals surface area contributed by atoms with Gasteiger partial charge in [-0.25, -0.2) is 0 Å². The molecule has 160 valence electrons. The van der Waals surface area contributed by atoms with E-state index in [-0.39, 0.29) is 29.5 Å². The molecular weight excluding hydrogens is 390 g/mol. The van der Waals surface area contributed by atoms with Gasteiger partial charge in [0.15, 0.2) is 0 Å². The Morgan fingerprint density at radius 1 is 1.10 bits per heavy atom. The van der Waals surface area contributed by atoms with Gasteiger partial charge in [-0.15, -0.1) is 0 Å². The highest BCUT2D eigenvalue weighted by Gasteiger charge is 2.40. The topological polar surface area (TPSA) is 113 Å². The molecule has 0 spiro atoms. The minimum Gasteiger partial charge on any atom is -0.469 e. The van der Waals surface area contributed by atoms with E-state index < -0.39 is 23.8 Å². The third kappa shape index (κ3) is 4.50. The summed E-state index contributed by atoms with van der Waals surface area (Å²) in [6, 6.07) is 5.84. The van der Waals surface area contributed by atoms with Gasteiger partial charge in [0, 0.05) is 19.5 Å². The number of hydrogen-bond donors (Lipinski definition) is 1. The number of fused-ring (bicyclic) bond motifs is 1. The summed E-state index contributed by atoms with van der Waals surface area (Å²) in [7, 11) is 1.33. The number of imide groups is 1. The summed E-state index contributed by atoms with van der Waals surface area (Å²) in [5.74, 6) is -1.96. The van der Waals surface area contributed by atoms with Crippen molar-refractivity contribution in [2.75, 3.05) is 26.7 Å². The molecule has 3 rings (SSSR count). The smallest absolute Gasteiger partial charge is 0.305 e. The van der Waals surface area contributed by atoms with Crippen molar-refractivity contribution in [2.45, 2.75) is 38.1 Å². The molecule has 1 saturated heterocycles. The van der Waals surface area contributed by atoms with Gasteiger partial charge in [-0.2, -0.15) is 0 Å². The number of hydrogen-bond acceptors (Lipinski definition) is 6. The van der Waals surface area contributed by atoms with Crippen LogP contribution in [0.4, 0.5) is 0 Å². The van der Waals surface area contributed by atoms with Crippen molar-refractivity contribution >= 4 is 29.6 Å². The van der Waals surface area contributed by atoms with Crippen LogP contribution in [0, 0.1) is 0 Å². The van der Waals surface area contributed by atoms with Crippen molar-refractivity contribution in [1.82, 2.24) is 15.1 Å². The first kappa shape index (κ1) is 21.5. The number of likely N-dealkylation sites (tertiary alicyclic amines) is 1. The van der Waals surface area contributed by atoms with Crippen LogP contribution in [0.3, 0.4) is 0 Å². The second-order valence-corrected chi connectivity index (χ2v) is 7.31. The van der Waals surface area contributed by atoms with E-state index in [2.05, 4.69) is 10.1 Å². The minimum absolute atomic E-state index is 0.263. The third-order valence-electron chi connectivity index (χ3n) is 5.38. The van der Waals surface area contributed by atoms with Crippen molar-refractivity contribution in [3.63, 3.8) is 0 Å². The standard InChI is InChI=1S/C21H25N3O6/c1-30-18(26)10-4-5-11-22-19(27)16-9-6-12-23(16)17(25)13-24-20(28)14-7-2-3-8-15(14)21(24)29/h2-3,7-8,16H,4-6,9-13H2,1H3,(H,22,27). The summed E-state index contributed by atoms with van der Waals surface area (Å²) in [4.78, 5) is 63.7. The van der Waals surface area contributed by atoms with Gasteiger partial charge >= 0.3 is 5.97 Å². The van der Waals surface area contributed by atoms with Crippen molar-refractivity contribution in [1.29, 1.82) is 0 Å². The predicted molar refractivity (Wildman–Crippen MR) is 105 cm³/mol. The number of benzene rings is 1. The molecule has 1 aromatic carbocycles. The molecule has 1 unspecified atom stereocenters. The van der Waals surface area contributed by atoms with E-state index in [0.29, 0.717) is 45.2 Å². The Balaban J connectivity index is 1.52. The maximum absolute atomic E-state index is 12.8. The lowest BCUT2D eigenvalue weighted by molar-refractivity contribution is -0.140. The minimum atomic E-state index is -0.617. The molecule has 0 aromatic heterocycles. The molecule has 30 heavy (non-hydrogen) atoms. The zero-order valence-electron chi connectivity index (χ0n) is 16.9. The van der Waals surface area contributed by atoms with Gasteiger partial charge in [0.2, 0.25) is 11.8 Å². The number of methoxy groups -OCH3 is 1. The van der Waals surface area contributed by atoms with E-state index in [9.17, 15) is 24.0 Å². The van der Waals surface area contributed by atoms with Crippen LogP contribution in [0.5, 0.6) is 0 Å². The van der Waals surface area contributed by atoms with Gasteiger partial charge in [0.05, 0.1) is 18.2 Å². The zero-order valence-corrected chi connectivity index (χ0v) is 16.9. The Labute approximate surface area is 174 Å². The molecule has 0 bridgehead atoms. The van der Waals surface area contributed by atoms with Gasteiger partial charge < -0.3 is 15.0 Å². The fourth-order valence-electron chi connectivity index (χ4n) is 3.77. The zero-order chi connectivity index (χ0) is 21.7. The number of esters is 1. The maximum Gasteiger partial charge on any atom is 0.305 e. The molecular formula is C21H25N3O6. The van der Waals surface area contributed by atoms with Crippen LogP contribution in [0.25, 0.3) is 0 Å². The first-order chi connectivity index (χ1) is 14.4. The predicted octanol–water partition coefficient (Wildman–Crippen LogP) is 0.733. The average Bonchev–Trinajstić information content (AvgIpc) is 3.33. The Bertz CT molecular complexity index is 833. The fraction of sp³-hybridized carbons (Fsp3) is 0.476. The molecule has 0 aliphatic carbocycles. The Morgan fingerprint density at radius 2 is 1.77 bits per heavy atom. The first-order valence-corrected chi connectivity index (χ1v) is 10.0. The molecule has 1 N–H and O–H groups in total. The number of nitrogens with one attached hydrogen (secondary N) is 1. The fourth-order valence-corrected chi connectivity index (χ4v) is 3.77. The lowest BCUT2D eigenvalue weighted by Gasteiger charge is -2.25. The SMILES string of the molecule is COC(=O)CCCCNC(=O)C1CCCN1C(=O)CN1C(=O)c2ccccc2C1=O. The normalized spacial score (nSPS) is 17.8. The lowest BCUT2D eigenvalue weighted by Crippen LogP contribution is -2.49. The molecule has 0 saturated carbocycles. The number of amides is 4. The first-order valence-electron chi connectivity index (χ1n) is 10.0. The van der Waals surface area contributed by atoms with E-state index in [4.69, 9.17) is 0 Å².